The highest BCUT2D eigenvalue weighted by atomic mass is 16.5. The second-order valence-corrected chi connectivity index (χ2v) is 5.92. The Bertz CT molecular complexity index is 410. The van der Waals surface area contributed by atoms with Gasteiger partial charge in [0.05, 0.1) is 7.11 Å². The second kappa shape index (κ2) is 6.08. The number of hydrogen-bond donors (Lipinski definition) is 0. The van der Waals surface area contributed by atoms with Crippen molar-refractivity contribution in [3.05, 3.63) is 41.5 Å². The summed E-state index contributed by atoms with van der Waals surface area (Å²) in [6, 6.07) is 6.58. The lowest BCUT2D eigenvalue weighted by Gasteiger charge is -2.24. The van der Waals surface area contributed by atoms with Crippen LogP contribution in [-0.4, -0.2) is 7.11 Å². The molecule has 1 aromatic rings. The molecule has 0 fully saturated rings. The number of allylic oxidation sites excluding steroid dienone is 2. The zero-order valence-corrected chi connectivity index (χ0v) is 12.6. The van der Waals surface area contributed by atoms with Crippen LogP contribution in [-0.2, 0) is 5.41 Å². The van der Waals surface area contributed by atoms with Crippen LogP contribution in [0.5, 0.6) is 5.75 Å². The van der Waals surface area contributed by atoms with Crippen LogP contribution in [0.1, 0.15) is 58.1 Å². The van der Waals surface area contributed by atoms with Gasteiger partial charge in [0.15, 0.2) is 0 Å². The van der Waals surface area contributed by atoms with E-state index in [1.54, 1.807) is 7.11 Å². The minimum absolute atomic E-state index is 0.113. The fourth-order valence-corrected chi connectivity index (χ4v) is 2.09. The average Bonchev–Trinajstić information content (AvgIpc) is 2.34. The zero-order valence-electron chi connectivity index (χ0n) is 12.6. The third kappa shape index (κ3) is 3.63. The van der Waals surface area contributed by atoms with E-state index >= 15 is 0 Å². The summed E-state index contributed by atoms with van der Waals surface area (Å²) in [7, 11) is 1.74. The Labute approximate surface area is 112 Å². The molecule has 0 radical (unpaired) electrons. The van der Waals surface area contributed by atoms with E-state index in [4.69, 9.17) is 4.74 Å². The van der Waals surface area contributed by atoms with Crippen molar-refractivity contribution < 1.29 is 4.74 Å². The van der Waals surface area contributed by atoms with Crippen LogP contribution in [0, 0.1) is 0 Å². The molecule has 0 aliphatic heterocycles. The maximum Gasteiger partial charge on any atom is 0.122 e. The lowest BCUT2D eigenvalue weighted by atomic mass is 9.83. The van der Waals surface area contributed by atoms with Gasteiger partial charge in [-0.1, -0.05) is 52.0 Å². The van der Waals surface area contributed by atoms with E-state index in [1.807, 2.05) is 0 Å². The normalized spacial score (nSPS) is 13.9. The SMILES string of the molecule is C/C=C\CC(C)c1ccc(OC)c(C(C)(C)C)c1. The van der Waals surface area contributed by atoms with Crippen molar-refractivity contribution in [2.75, 3.05) is 7.11 Å². The molecule has 0 aliphatic carbocycles. The number of rotatable bonds is 4. The molecule has 0 N–H and O–H groups in total. The molecule has 0 bridgehead atoms. The molecular weight excluding hydrogens is 220 g/mol. The molecule has 0 heterocycles. The minimum atomic E-state index is 0.113. The topological polar surface area (TPSA) is 9.23 Å². The van der Waals surface area contributed by atoms with E-state index in [0.717, 1.165) is 12.2 Å². The standard InChI is InChI=1S/C17H26O/c1-7-8-9-13(2)14-10-11-16(18-6)15(12-14)17(3,4)5/h7-8,10-13H,9H2,1-6H3/b8-7-. The summed E-state index contributed by atoms with van der Waals surface area (Å²) in [5.74, 6) is 1.54. The van der Waals surface area contributed by atoms with Gasteiger partial charge in [-0.2, -0.15) is 0 Å². The van der Waals surface area contributed by atoms with Crippen molar-refractivity contribution in [2.45, 2.75) is 52.4 Å². The molecule has 0 aromatic heterocycles. The third-order valence-electron chi connectivity index (χ3n) is 3.33. The van der Waals surface area contributed by atoms with Crippen LogP contribution in [0.3, 0.4) is 0 Å². The fourth-order valence-electron chi connectivity index (χ4n) is 2.09. The molecule has 1 atom stereocenters. The number of benzene rings is 1. The number of ether oxygens (including phenoxy) is 1. The first kappa shape index (κ1) is 14.8. The van der Waals surface area contributed by atoms with Crippen molar-refractivity contribution in [1.82, 2.24) is 0 Å². The van der Waals surface area contributed by atoms with Crippen molar-refractivity contribution in [1.29, 1.82) is 0 Å². The van der Waals surface area contributed by atoms with E-state index < -0.39 is 0 Å². The van der Waals surface area contributed by atoms with Crippen LogP contribution >= 0.6 is 0 Å². The highest BCUT2D eigenvalue weighted by Gasteiger charge is 2.20. The molecule has 0 amide bonds. The van der Waals surface area contributed by atoms with Gasteiger partial charge in [-0.05, 0) is 41.9 Å². The molecule has 0 aliphatic rings. The Morgan fingerprint density at radius 3 is 2.44 bits per heavy atom. The zero-order chi connectivity index (χ0) is 13.8. The minimum Gasteiger partial charge on any atom is -0.496 e. The molecule has 0 saturated heterocycles. The molecule has 0 saturated carbocycles. The lowest BCUT2D eigenvalue weighted by Crippen LogP contribution is -2.13. The Hall–Kier alpha value is -1.24. The molecule has 18 heavy (non-hydrogen) atoms. The summed E-state index contributed by atoms with van der Waals surface area (Å²) in [5.41, 5.74) is 2.79. The van der Waals surface area contributed by atoms with E-state index in [2.05, 4.69) is 65.0 Å². The first-order chi connectivity index (χ1) is 8.40. The van der Waals surface area contributed by atoms with Gasteiger partial charge in [-0.25, -0.2) is 0 Å². The molecule has 1 nitrogen and oxygen atoms in total. The average molecular weight is 246 g/mol. The van der Waals surface area contributed by atoms with Gasteiger partial charge in [-0.15, -0.1) is 0 Å². The second-order valence-electron chi connectivity index (χ2n) is 5.92. The Kier molecular flexibility index (Phi) is 5.01. The number of methoxy groups -OCH3 is 1. The Balaban J connectivity index is 3.10. The summed E-state index contributed by atoms with van der Waals surface area (Å²) in [4.78, 5) is 0. The largest absolute Gasteiger partial charge is 0.496 e. The predicted molar refractivity (Wildman–Crippen MR) is 79.5 cm³/mol. The first-order valence-electron chi connectivity index (χ1n) is 6.69. The van der Waals surface area contributed by atoms with Crippen LogP contribution < -0.4 is 4.74 Å². The summed E-state index contributed by atoms with van der Waals surface area (Å²) >= 11 is 0. The van der Waals surface area contributed by atoms with Gasteiger partial charge in [0.2, 0.25) is 0 Å². The van der Waals surface area contributed by atoms with Crippen LogP contribution in [0.4, 0.5) is 0 Å². The summed E-state index contributed by atoms with van der Waals surface area (Å²) in [6.45, 7) is 11.0. The predicted octanol–water partition coefficient (Wildman–Crippen LogP) is 5.06. The Morgan fingerprint density at radius 2 is 1.94 bits per heavy atom. The third-order valence-corrected chi connectivity index (χ3v) is 3.33. The molecular formula is C17H26O. The molecule has 1 rings (SSSR count). The number of hydrogen-bond acceptors (Lipinski definition) is 1. The molecule has 1 aromatic carbocycles. The summed E-state index contributed by atoms with van der Waals surface area (Å²) < 4.78 is 5.47. The maximum absolute atomic E-state index is 5.47. The molecule has 1 heteroatoms. The smallest absolute Gasteiger partial charge is 0.122 e. The summed E-state index contributed by atoms with van der Waals surface area (Å²) in [5, 5.41) is 0. The van der Waals surface area contributed by atoms with E-state index in [9.17, 15) is 0 Å². The van der Waals surface area contributed by atoms with Crippen LogP contribution in [0.15, 0.2) is 30.4 Å². The summed E-state index contributed by atoms with van der Waals surface area (Å²) in [6.07, 6.45) is 5.43. The highest BCUT2D eigenvalue weighted by molar-refractivity contribution is 5.42. The van der Waals surface area contributed by atoms with Crippen molar-refractivity contribution >= 4 is 0 Å². The van der Waals surface area contributed by atoms with Gasteiger partial charge >= 0.3 is 0 Å². The first-order valence-corrected chi connectivity index (χ1v) is 6.69. The fraction of sp³-hybridized carbons (Fsp3) is 0.529. The molecule has 100 valence electrons. The lowest BCUT2D eigenvalue weighted by molar-refractivity contribution is 0.397. The van der Waals surface area contributed by atoms with E-state index in [0.29, 0.717) is 5.92 Å². The van der Waals surface area contributed by atoms with Gasteiger partial charge in [0.1, 0.15) is 5.75 Å². The maximum atomic E-state index is 5.47. The van der Waals surface area contributed by atoms with Gasteiger partial charge in [-0.3, -0.25) is 0 Å². The molecule has 1 unspecified atom stereocenters. The quantitative estimate of drug-likeness (QED) is 0.674. The van der Waals surface area contributed by atoms with Crippen molar-refractivity contribution in [3.63, 3.8) is 0 Å². The monoisotopic (exact) mass is 246 g/mol. The van der Waals surface area contributed by atoms with Gasteiger partial charge in [0, 0.05) is 0 Å². The highest BCUT2D eigenvalue weighted by Crippen LogP contribution is 2.34. The Morgan fingerprint density at radius 1 is 1.28 bits per heavy atom. The van der Waals surface area contributed by atoms with Crippen molar-refractivity contribution in [3.8, 4) is 5.75 Å². The van der Waals surface area contributed by atoms with Crippen LogP contribution in [0.2, 0.25) is 0 Å². The molecule has 0 spiro atoms. The van der Waals surface area contributed by atoms with Crippen molar-refractivity contribution in [2.24, 2.45) is 0 Å². The van der Waals surface area contributed by atoms with E-state index in [1.165, 1.54) is 11.1 Å². The van der Waals surface area contributed by atoms with E-state index in [-0.39, 0.29) is 5.41 Å². The van der Waals surface area contributed by atoms with Gasteiger partial charge < -0.3 is 4.74 Å². The van der Waals surface area contributed by atoms with Crippen LogP contribution in [0.25, 0.3) is 0 Å². The van der Waals surface area contributed by atoms with Gasteiger partial charge in [0.25, 0.3) is 0 Å².